The van der Waals surface area contributed by atoms with E-state index >= 15 is 0 Å². The van der Waals surface area contributed by atoms with Gasteiger partial charge in [0.25, 0.3) is 5.91 Å². The Morgan fingerprint density at radius 3 is 2.50 bits per heavy atom. The van der Waals surface area contributed by atoms with Crippen molar-refractivity contribution in [1.82, 2.24) is 0 Å². The Labute approximate surface area is 124 Å². The molecule has 2 aromatic carbocycles. The van der Waals surface area contributed by atoms with Crippen molar-refractivity contribution in [2.45, 2.75) is 13.8 Å². The Bertz CT molecular complexity index is 647. The van der Waals surface area contributed by atoms with E-state index in [1.165, 1.54) is 0 Å². The topological polar surface area (TPSA) is 29.1 Å². The van der Waals surface area contributed by atoms with Gasteiger partial charge in [0.2, 0.25) is 0 Å². The highest BCUT2D eigenvalue weighted by Crippen LogP contribution is 2.23. The predicted octanol–water partition coefficient (Wildman–Crippen LogP) is 4.69. The van der Waals surface area contributed by atoms with Gasteiger partial charge in [-0.1, -0.05) is 48.0 Å². The number of benzene rings is 2. The molecule has 0 aliphatic rings. The lowest BCUT2D eigenvalue weighted by Gasteiger charge is -2.09. The highest BCUT2D eigenvalue weighted by atomic mass is 35.5. The lowest BCUT2D eigenvalue weighted by Crippen LogP contribution is -2.13. The predicted molar refractivity (Wildman–Crippen MR) is 84.9 cm³/mol. The van der Waals surface area contributed by atoms with Gasteiger partial charge in [0.05, 0.1) is 0 Å². The molecule has 1 N–H and O–H groups in total. The lowest BCUT2D eigenvalue weighted by atomic mass is 10.1. The van der Waals surface area contributed by atoms with Crippen molar-refractivity contribution in [2.24, 2.45) is 0 Å². The summed E-state index contributed by atoms with van der Waals surface area (Å²) in [7, 11) is 0. The number of carbonyl (C=O) groups excluding carboxylic acids is 1. The van der Waals surface area contributed by atoms with E-state index in [0.717, 1.165) is 16.8 Å². The van der Waals surface area contributed by atoms with Gasteiger partial charge in [0, 0.05) is 16.3 Å². The van der Waals surface area contributed by atoms with Gasteiger partial charge in [-0.15, -0.1) is 0 Å². The van der Waals surface area contributed by atoms with E-state index in [9.17, 15) is 4.79 Å². The van der Waals surface area contributed by atoms with Crippen molar-refractivity contribution >= 4 is 29.3 Å². The van der Waals surface area contributed by atoms with E-state index in [0.29, 0.717) is 10.6 Å². The summed E-state index contributed by atoms with van der Waals surface area (Å²) in [6, 6.07) is 15.2. The largest absolute Gasteiger partial charge is 0.322 e. The molecule has 2 rings (SSSR count). The SMILES string of the molecule is CC(=Cc1ccccc1)C(=O)Nc1cccc(Cl)c1C. The van der Waals surface area contributed by atoms with E-state index in [4.69, 9.17) is 11.6 Å². The molecule has 0 aromatic heterocycles. The first-order valence-corrected chi connectivity index (χ1v) is 6.75. The Morgan fingerprint density at radius 1 is 1.10 bits per heavy atom. The smallest absolute Gasteiger partial charge is 0.251 e. The number of hydrogen-bond acceptors (Lipinski definition) is 1. The molecule has 0 saturated carbocycles. The average Bonchev–Trinajstić information content (AvgIpc) is 2.45. The van der Waals surface area contributed by atoms with Crippen LogP contribution in [0.4, 0.5) is 5.69 Å². The van der Waals surface area contributed by atoms with Crippen LogP contribution in [0.3, 0.4) is 0 Å². The average molecular weight is 286 g/mol. The standard InChI is InChI=1S/C17H16ClNO/c1-12(11-14-7-4-3-5-8-14)17(20)19-16-10-6-9-15(18)13(16)2/h3-11H,1-2H3,(H,19,20). The Balaban J connectivity index is 2.16. The molecule has 0 fully saturated rings. The first kappa shape index (κ1) is 14.4. The normalized spacial score (nSPS) is 11.2. The van der Waals surface area contributed by atoms with Crippen LogP contribution in [0.25, 0.3) is 6.08 Å². The number of hydrogen-bond donors (Lipinski definition) is 1. The van der Waals surface area contributed by atoms with Gasteiger partial charge in [-0.3, -0.25) is 4.79 Å². The van der Waals surface area contributed by atoms with Crippen molar-refractivity contribution in [2.75, 3.05) is 5.32 Å². The van der Waals surface area contributed by atoms with Gasteiger partial charge in [0.1, 0.15) is 0 Å². The quantitative estimate of drug-likeness (QED) is 0.814. The molecule has 1 amide bonds. The van der Waals surface area contributed by atoms with E-state index in [1.807, 2.05) is 55.5 Å². The summed E-state index contributed by atoms with van der Waals surface area (Å²) in [6.07, 6.45) is 1.86. The third-order valence-corrected chi connectivity index (χ3v) is 3.47. The van der Waals surface area contributed by atoms with E-state index < -0.39 is 0 Å². The van der Waals surface area contributed by atoms with Gasteiger partial charge >= 0.3 is 0 Å². The molecular weight excluding hydrogens is 270 g/mol. The maximum absolute atomic E-state index is 12.2. The van der Waals surface area contributed by atoms with Crippen molar-refractivity contribution in [3.8, 4) is 0 Å². The lowest BCUT2D eigenvalue weighted by molar-refractivity contribution is -0.112. The fraction of sp³-hybridized carbons (Fsp3) is 0.118. The number of halogens is 1. The minimum absolute atomic E-state index is 0.126. The minimum atomic E-state index is -0.126. The molecule has 0 unspecified atom stereocenters. The zero-order valence-corrected chi connectivity index (χ0v) is 12.2. The maximum atomic E-state index is 12.2. The second kappa shape index (κ2) is 6.40. The molecule has 0 aliphatic heterocycles. The molecular formula is C17H16ClNO. The highest BCUT2D eigenvalue weighted by molar-refractivity contribution is 6.31. The zero-order chi connectivity index (χ0) is 14.5. The van der Waals surface area contributed by atoms with Crippen LogP contribution in [0, 0.1) is 6.92 Å². The van der Waals surface area contributed by atoms with Crippen LogP contribution >= 0.6 is 11.6 Å². The van der Waals surface area contributed by atoms with Gasteiger partial charge < -0.3 is 5.32 Å². The van der Waals surface area contributed by atoms with Crippen LogP contribution in [0.2, 0.25) is 5.02 Å². The first-order chi connectivity index (χ1) is 9.58. The molecule has 2 aromatic rings. The van der Waals surface area contributed by atoms with E-state index in [1.54, 1.807) is 13.0 Å². The summed E-state index contributed by atoms with van der Waals surface area (Å²) in [5.41, 5.74) is 3.26. The Morgan fingerprint density at radius 2 is 1.80 bits per heavy atom. The molecule has 0 bridgehead atoms. The van der Waals surface area contributed by atoms with Crippen LogP contribution < -0.4 is 5.32 Å². The van der Waals surface area contributed by atoms with Gasteiger partial charge in [0.15, 0.2) is 0 Å². The molecule has 20 heavy (non-hydrogen) atoms. The molecule has 0 radical (unpaired) electrons. The van der Waals surface area contributed by atoms with E-state index in [2.05, 4.69) is 5.32 Å². The summed E-state index contributed by atoms with van der Waals surface area (Å²) < 4.78 is 0. The molecule has 0 heterocycles. The fourth-order valence-electron chi connectivity index (χ4n) is 1.83. The van der Waals surface area contributed by atoms with Crippen LogP contribution in [-0.2, 0) is 4.79 Å². The summed E-state index contributed by atoms with van der Waals surface area (Å²) in [5.74, 6) is -0.126. The number of anilines is 1. The number of amides is 1. The van der Waals surface area contributed by atoms with Crippen LogP contribution in [-0.4, -0.2) is 5.91 Å². The molecule has 2 nitrogen and oxygen atoms in total. The number of nitrogens with one attached hydrogen (secondary N) is 1. The highest BCUT2D eigenvalue weighted by Gasteiger charge is 2.08. The van der Waals surface area contributed by atoms with Crippen molar-refractivity contribution in [3.63, 3.8) is 0 Å². The maximum Gasteiger partial charge on any atom is 0.251 e. The third-order valence-electron chi connectivity index (χ3n) is 3.06. The number of carbonyl (C=O) groups is 1. The molecule has 0 spiro atoms. The van der Waals surface area contributed by atoms with Crippen molar-refractivity contribution in [1.29, 1.82) is 0 Å². The molecule has 0 saturated heterocycles. The van der Waals surface area contributed by atoms with Crippen molar-refractivity contribution < 1.29 is 4.79 Å². The molecule has 102 valence electrons. The fourth-order valence-corrected chi connectivity index (χ4v) is 2.00. The van der Waals surface area contributed by atoms with Crippen LogP contribution in [0.5, 0.6) is 0 Å². The Kier molecular flexibility index (Phi) is 4.59. The summed E-state index contributed by atoms with van der Waals surface area (Å²) in [6.45, 7) is 3.68. The first-order valence-electron chi connectivity index (χ1n) is 6.38. The Hall–Kier alpha value is -2.06. The second-order valence-corrected chi connectivity index (χ2v) is 5.01. The summed E-state index contributed by atoms with van der Waals surface area (Å²) >= 11 is 6.04. The molecule has 0 aliphatic carbocycles. The van der Waals surface area contributed by atoms with Gasteiger partial charge in [-0.25, -0.2) is 0 Å². The molecule has 0 atom stereocenters. The summed E-state index contributed by atoms with van der Waals surface area (Å²) in [5, 5.41) is 3.53. The summed E-state index contributed by atoms with van der Waals surface area (Å²) in [4.78, 5) is 12.2. The zero-order valence-electron chi connectivity index (χ0n) is 11.5. The van der Waals surface area contributed by atoms with E-state index in [-0.39, 0.29) is 5.91 Å². The van der Waals surface area contributed by atoms with Crippen LogP contribution in [0.1, 0.15) is 18.1 Å². The van der Waals surface area contributed by atoms with Gasteiger partial charge in [-0.2, -0.15) is 0 Å². The number of rotatable bonds is 3. The van der Waals surface area contributed by atoms with Crippen LogP contribution in [0.15, 0.2) is 54.1 Å². The van der Waals surface area contributed by atoms with Crippen molar-refractivity contribution in [3.05, 3.63) is 70.3 Å². The third kappa shape index (κ3) is 3.49. The van der Waals surface area contributed by atoms with Gasteiger partial charge in [-0.05, 0) is 43.2 Å². The minimum Gasteiger partial charge on any atom is -0.322 e. The molecule has 3 heteroatoms. The second-order valence-electron chi connectivity index (χ2n) is 4.60. The monoisotopic (exact) mass is 285 g/mol.